The molecule has 9 heteroatoms. The van der Waals surface area contributed by atoms with Crippen molar-refractivity contribution in [1.29, 1.82) is 0 Å². The highest BCUT2D eigenvalue weighted by Gasteiger charge is 2.17. The fourth-order valence-electron chi connectivity index (χ4n) is 1.98. The third kappa shape index (κ3) is 18.5. The SMILES string of the molecule is CCNCCOCCOCCOCCOCCOC(C)C(F)CNC(=O)CC. The molecule has 2 unspecified atom stereocenters. The standard InChI is InChI=1S/C19H39FN2O6/c1-4-19(23)22-16-18(20)17(3)28-15-14-27-13-12-26-11-10-25-9-8-24-7-6-21-5-2/h17-18,21H,4-16H2,1-3H3,(H,22,23). The summed E-state index contributed by atoms with van der Waals surface area (Å²) in [7, 11) is 0. The number of likely N-dealkylation sites (N-methyl/N-ethyl adjacent to an activating group) is 1. The van der Waals surface area contributed by atoms with Crippen molar-refractivity contribution in [2.24, 2.45) is 0 Å². The molecule has 0 saturated heterocycles. The molecule has 0 heterocycles. The Bertz CT molecular complexity index is 352. The normalized spacial score (nSPS) is 13.4. The minimum absolute atomic E-state index is 0.0349. The Morgan fingerprint density at radius 1 is 0.857 bits per heavy atom. The summed E-state index contributed by atoms with van der Waals surface area (Å²) in [5.41, 5.74) is 0. The summed E-state index contributed by atoms with van der Waals surface area (Å²) < 4.78 is 40.6. The van der Waals surface area contributed by atoms with E-state index in [1.165, 1.54) is 0 Å². The van der Waals surface area contributed by atoms with Gasteiger partial charge in [0.1, 0.15) is 6.17 Å². The molecule has 0 saturated carbocycles. The number of ether oxygens (including phenoxy) is 5. The van der Waals surface area contributed by atoms with Crippen LogP contribution in [0.25, 0.3) is 0 Å². The van der Waals surface area contributed by atoms with E-state index in [2.05, 4.69) is 17.6 Å². The number of carbonyl (C=O) groups excluding carboxylic acids is 1. The molecule has 0 aromatic rings. The zero-order valence-electron chi connectivity index (χ0n) is 17.7. The van der Waals surface area contributed by atoms with Crippen LogP contribution in [-0.4, -0.2) is 97.3 Å². The summed E-state index contributed by atoms with van der Waals surface area (Å²) in [4.78, 5) is 11.1. The Morgan fingerprint density at radius 3 is 1.86 bits per heavy atom. The van der Waals surface area contributed by atoms with Gasteiger partial charge in [0.15, 0.2) is 0 Å². The van der Waals surface area contributed by atoms with Gasteiger partial charge >= 0.3 is 0 Å². The summed E-state index contributed by atoms with van der Waals surface area (Å²) >= 11 is 0. The van der Waals surface area contributed by atoms with Crippen molar-refractivity contribution in [3.05, 3.63) is 0 Å². The minimum atomic E-state index is -1.24. The third-order valence-electron chi connectivity index (χ3n) is 3.72. The van der Waals surface area contributed by atoms with Crippen molar-refractivity contribution in [1.82, 2.24) is 10.6 Å². The van der Waals surface area contributed by atoms with Gasteiger partial charge in [0.25, 0.3) is 0 Å². The average molecular weight is 411 g/mol. The maximum absolute atomic E-state index is 13.8. The molecule has 0 aliphatic heterocycles. The number of amides is 1. The fourth-order valence-corrected chi connectivity index (χ4v) is 1.98. The van der Waals surface area contributed by atoms with Crippen molar-refractivity contribution >= 4 is 5.91 Å². The first-order valence-electron chi connectivity index (χ1n) is 10.2. The van der Waals surface area contributed by atoms with Crippen LogP contribution in [0.5, 0.6) is 0 Å². The van der Waals surface area contributed by atoms with Gasteiger partial charge in [0.2, 0.25) is 5.91 Å². The Balaban J connectivity index is 3.25. The van der Waals surface area contributed by atoms with Crippen LogP contribution in [0.2, 0.25) is 0 Å². The lowest BCUT2D eigenvalue weighted by molar-refractivity contribution is -0.121. The molecule has 168 valence electrons. The van der Waals surface area contributed by atoms with E-state index in [9.17, 15) is 9.18 Å². The van der Waals surface area contributed by atoms with Gasteiger partial charge in [-0.05, 0) is 13.5 Å². The van der Waals surface area contributed by atoms with Gasteiger partial charge in [0, 0.05) is 13.0 Å². The number of hydrogen-bond donors (Lipinski definition) is 2. The van der Waals surface area contributed by atoms with Gasteiger partial charge < -0.3 is 34.3 Å². The highest BCUT2D eigenvalue weighted by molar-refractivity contribution is 5.75. The monoisotopic (exact) mass is 410 g/mol. The minimum Gasteiger partial charge on any atom is -0.378 e. The number of alkyl halides is 1. The lowest BCUT2D eigenvalue weighted by Gasteiger charge is -2.18. The lowest BCUT2D eigenvalue weighted by atomic mass is 10.2. The second-order valence-corrected chi connectivity index (χ2v) is 6.05. The molecule has 0 aromatic heterocycles. The van der Waals surface area contributed by atoms with Crippen LogP contribution in [0, 0.1) is 0 Å². The van der Waals surface area contributed by atoms with Crippen LogP contribution in [0.4, 0.5) is 4.39 Å². The summed E-state index contributed by atoms with van der Waals surface area (Å²) in [6.07, 6.45) is -1.49. The fraction of sp³-hybridized carbons (Fsp3) is 0.947. The van der Waals surface area contributed by atoms with Gasteiger partial charge in [-0.3, -0.25) is 4.79 Å². The van der Waals surface area contributed by atoms with Crippen molar-refractivity contribution in [2.75, 3.05) is 79.1 Å². The summed E-state index contributed by atoms with van der Waals surface area (Å²) in [5.74, 6) is -0.170. The van der Waals surface area contributed by atoms with E-state index in [0.717, 1.165) is 13.1 Å². The van der Waals surface area contributed by atoms with E-state index < -0.39 is 12.3 Å². The number of rotatable bonds is 21. The molecule has 0 aromatic carbocycles. The van der Waals surface area contributed by atoms with Crippen LogP contribution in [0.1, 0.15) is 27.2 Å². The van der Waals surface area contributed by atoms with Gasteiger partial charge in [-0.1, -0.05) is 13.8 Å². The molecule has 0 rings (SSSR count). The molecular formula is C19H39FN2O6. The largest absolute Gasteiger partial charge is 0.378 e. The third-order valence-corrected chi connectivity index (χ3v) is 3.72. The van der Waals surface area contributed by atoms with E-state index in [1.54, 1.807) is 13.8 Å². The first-order valence-corrected chi connectivity index (χ1v) is 10.2. The van der Waals surface area contributed by atoms with Crippen molar-refractivity contribution < 1.29 is 32.9 Å². The number of nitrogens with one attached hydrogen (secondary N) is 2. The van der Waals surface area contributed by atoms with Crippen molar-refractivity contribution in [2.45, 2.75) is 39.5 Å². The van der Waals surface area contributed by atoms with Crippen LogP contribution in [-0.2, 0) is 28.5 Å². The van der Waals surface area contributed by atoms with Gasteiger partial charge in [-0.2, -0.15) is 0 Å². The highest BCUT2D eigenvalue weighted by atomic mass is 19.1. The van der Waals surface area contributed by atoms with E-state index in [-0.39, 0.29) is 12.5 Å². The van der Waals surface area contributed by atoms with E-state index in [1.807, 2.05) is 0 Å². The first kappa shape index (κ1) is 27.2. The highest BCUT2D eigenvalue weighted by Crippen LogP contribution is 2.02. The molecule has 0 radical (unpaired) electrons. The molecule has 0 fully saturated rings. The molecule has 0 bridgehead atoms. The van der Waals surface area contributed by atoms with Gasteiger partial charge in [-0.25, -0.2) is 4.39 Å². The molecular weight excluding hydrogens is 371 g/mol. The van der Waals surface area contributed by atoms with Crippen LogP contribution in [0.15, 0.2) is 0 Å². The second-order valence-electron chi connectivity index (χ2n) is 6.05. The smallest absolute Gasteiger partial charge is 0.219 e. The van der Waals surface area contributed by atoms with Crippen LogP contribution >= 0.6 is 0 Å². The first-order chi connectivity index (χ1) is 13.6. The predicted octanol–water partition coefficient (Wildman–Crippen LogP) is 0.932. The predicted molar refractivity (Wildman–Crippen MR) is 105 cm³/mol. The Hall–Kier alpha value is -0.840. The van der Waals surface area contributed by atoms with E-state index >= 15 is 0 Å². The van der Waals surface area contributed by atoms with Crippen molar-refractivity contribution in [3.63, 3.8) is 0 Å². The maximum Gasteiger partial charge on any atom is 0.219 e. The number of carbonyl (C=O) groups is 1. The summed E-state index contributed by atoms with van der Waals surface area (Å²) in [6, 6.07) is 0. The number of hydrogen-bond acceptors (Lipinski definition) is 7. The molecule has 0 aliphatic carbocycles. The maximum atomic E-state index is 13.8. The molecule has 2 N–H and O–H groups in total. The quantitative estimate of drug-likeness (QED) is 0.272. The molecule has 2 atom stereocenters. The molecule has 0 spiro atoms. The van der Waals surface area contributed by atoms with Crippen LogP contribution in [0.3, 0.4) is 0 Å². The van der Waals surface area contributed by atoms with E-state index in [0.29, 0.717) is 65.9 Å². The zero-order chi connectivity index (χ0) is 20.9. The topological polar surface area (TPSA) is 87.3 Å². The Labute approximate surface area is 168 Å². The van der Waals surface area contributed by atoms with E-state index in [4.69, 9.17) is 23.7 Å². The lowest BCUT2D eigenvalue weighted by Crippen LogP contribution is -2.36. The summed E-state index contributed by atoms with van der Waals surface area (Å²) in [5, 5.41) is 5.68. The Kier molecular flexibility index (Phi) is 20.3. The second kappa shape index (κ2) is 20.9. The van der Waals surface area contributed by atoms with Gasteiger partial charge in [0.05, 0.1) is 72.1 Å². The number of halogens is 1. The van der Waals surface area contributed by atoms with Gasteiger partial charge in [-0.15, -0.1) is 0 Å². The Morgan fingerprint density at radius 2 is 1.36 bits per heavy atom. The molecule has 28 heavy (non-hydrogen) atoms. The zero-order valence-corrected chi connectivity index (χ0v) is 17.7. The van der Waals surface area contributed by atoms with Crippen LogP contribution < -0.4 is 10.6 Å². The molecule has 1 amide bonds. The summed E-state index contributed by atoms with van der Waals surface area (Å²) in [6.45, 7) is 11.6. The van der Waals surface area contributed by atoms with Crippen molar-refractivity contribution in [3.8, 4) is 0 Å². The molecule has 8 nitrogen and oxygen atoms in total. The average Bonchev–Trinajstić information content (AvgIpc) is 2.71. The molecule has 0 aliphatic rings.